The third-order valence-corrected chi connectivity index (χ3v) is 3.00. The average Bonchev–Trinajstić information content (AvgIpc) is 2.58. The van der Waals surface area contributed by atoms with Crippen molar-refractivity contribution in [2.24, 2.45) is 0 Å². The smallest absolute Gasteiger partial charge is 0.208 e. The fourth-order valence-electron chi connectivity index (χ4n) is 1.76. The molecule has 16 heavy (non-hydrogen) atoms. The lowest BCUT2D eigenvalue weighted by atomic mass is 10.1. The summed E-state index contributed by atoms with van der Waals surface area (Å²) in [6.07, 6.45) is 1.60. The lowest BCUT2D eigenvalue weighted by molar-refractivity contribution is 0.588. The van der Waals surface area contributed by atoms with E-state index >= 15 is 0 Å². The Kier molecular flexibility index (Phi) is 2.97. The van der Waals surface area contributed by atoms with Gasteiger partial charge in [-0.25, -0.2) is 4.39 Å². The molecule has 2 aromatic rings. The number of fused-ring (bicyclic) bond motifs is 1. The molecule has 0 aliphatic rings. The Balaban J connectivity index is 2.80. The molecule has 0 saturated carbocycles. The second-order valence-corrected chi connectivity index (χ2v) is 4.39. The van der Waals surface area contributed by atoms with Crippen molar-refractivity contribution < 1.29 is 8.81 Å². The molecule has 1 aromatic carbocycles. The van der Waals surface area contributed by atoms with E-state index < -0.39 is 0 Å². The van der Waals surface area contributed by atoms with Crippen LogP contribution in [0.1, 0.15) is 24.7 Å². The number of benzene rings is 1. The van der Waals surface area contributed by atoms with Gasteiger partial charge >= 0.3 is 0 Å². The molecule has 0 saturated heterocycles. The third-order valence-electron chi connectivity index (χ3n) is 2.41. The summed E-state index contributed by atoms with van der Waals surface area (Å²) in [5, 5.41) is 9.64. The fraction of sp³-hybridized carbons (Fsp3) is 0.250. The molecule has 0 N–H and O–H groups in total. The largest absolute Gasteiger partial charge is 0.444 e. The van der Waals surface area contributed by atoms with Gasteiger partial charge in [-0.3, -0.25) is 0 Å². The molecule has 0 radical (unpaired) electrons. The Bertz CT molecular complexity index is 583. The number of halogens is 2. The maximum absolute atomic E-state index is 13.3. The number of aryl methyl sites for hydroxylation is 1. The first-order valence-corrected chi connectivity index (χ1v) is 5.77. The van der Waals surface area contributed by atoms with Gasteiger partial charge in [0.05, 0.1) is 4.47 Å². The van der Waals surface area contributed by atoms with Crippen molar-refractivity contribution in [2.75, 3.05) is 0 Å². The van der Waals surface area contributed by atoms with Crippen LogP contribution in [0.15, 0.2) is 21.0 Å². The van der Waals surface area contributed by atoms with Crippen LogP contribution in [0.4, 0.5) is 4.39 Å². The van der Waals surface area contributed by atoms with Gasteiger partial charge in [0.25, 0.3) is 0 Å². The molecule has 0 spiro atoms. The van der Waals surface area contributed by atoms with Crippen molar-refractivity contribution in [2.45, 2.75) is 19.8 Å². The highest BCUT2D eigenvalue weighted by molar-refractivity contribution is 9.10. The van der Waals surface area contributed by atoms with Crippen LogP contribution in [0.3, 0.4) is 0 Å². The number of rotatable bonds is 2. The minimum atomic E-state index is -0.331. The molecular weight excluding hydrogens is 273 g/mol. The molecule has 2 nitrogen and oxygen atoms in total. The van der Waals surface area contributed by atoms with E-state index in [0.29, 0.717) is 21.9 Å². The van der Waals surface area contributed by atoms with E-state index in [9.17, 15) is 4.39 Å². The Morgan fingerprint density at radius 3 is 2.88 bits per heavy atom. The lowest BCUT2D eigenvalue weighted by Gasteiger charge is -1.96. The van der Waals surface area contributed by atoms with Crippen molar-refractivity contribution in [1.82, 2.24) is 0 Å². The van der Waals surface area contributed by atoms with E-state index in [0.717, 1.165) is 12.0 Å². The fourth-order valence-corrected chi connectivity index (χ4v) is 2.28. The summed E-state index contributed by atoms with van der Waals surface area (Å²) in [6.45, 7) is 2.01. The molecule has 0 amide bonds. The van der Waals surface area contributed by atoms with Gasteiger partial charge in [0.1, 0.15) is 11.9 Å². The monoisotopic (exact) mass is 281 g/mol. The summed E-state index contributed by atoms with van der Waals surface area (Å²) in [6, 6.07) is 4.75. The predicted molar refractivity (Wildman–Crippen MR) is 62.6 cm³/mol. The quantitative estimate of drug-likeness (QED) is 0.829. The average molecular weight is 282 g/mol. The number of nitriles is 1. The number of nitrogens with zero attached hydrogens (tertiary/aromatic N) is 1. The Hall–Kier alpha value is -1.34. The summed E-state index contributed by atoms with van der Waals surface area (Å²) < 4.78 is 19.2. The van der Waals surface area contributed by atoms with Crippen molar-refractivity contribution in [3.63, 3.8) is 0 Å². The van der Waals surface area contributed by atoms with E-state index in [1.165, 1.54) is 12.1 Å². The zero-order valence-electron chi connectivity index (χ0n) is 8.68. The van der Waals surface area contributed by atoms with Crippen LogP contribution < -0.4 is 0 Å². The number of furan rings is 1. The van der Waals surface area contributed by atoms with E-state index in [2.05, 4.69) is 15.9 Å². The molecule has 0 aliphatic heterocycles. The van der Waals surface area contributed by atoms with Gasteiger partial charge in [0.15, 0.2) is 5.58 Å². The second kappa shape index (κ2) is 4.26. The normalized spacial score (nSPS) is 10.6. The summed E-state index contributed by atoms with van der Waals surface area (Å²) in [5.41, 5.74) is 1.33. The number of hydrogen-bond acceptors (Lipinski definition) is 2. The summed E-state index contributed by atoms with van der Waals surface area (Å²) >= 11 is 3.23. The summed E-state index contributed by atoms with van der Waals surface area (Å²) in [5.74, 6) is -0.0508. The van der Waals surface area contributed by atoms with Gasteiger partial charge in [-0.1, -0.05) is 13.3 Å². The van der Waals surface area contributed by atoms with E-state index in [4.69, 9.17) is 9.68 Å². The van der Waals surface area contributed by atoms with Gasteiger partial charge in [0.2, 0.25) is 5.76 Å². The maximum Gasteiger partial charge on any atom is 0.208 e. The summed E-state index contributed by atoms with van der Waals surface area (Å²) in [7, 11) is 0. The highest BCUT2D eigenvalue weighted by Crippen LogP contribution is 2.32. The Morgan fingerprint density at radius 1 is 1.50 bits per heavy atom. The van der Waals surface area contributed by atoms with Crippen LogP contribution in [-0.4, -0.2) is 0 Å². The van der Waals surface area contributed by atoms with Gasteiger partial charge in [-0.15, -0.1) is 0 Å². The van der Waals surface area contributed by atoms with Crippen molar-refractivity contribution >= 4 is 26.9 Å². The maximum atomic E-state index is 13.3. The van der Waals surface area contributed by atoms with Gasteiger partial charge < -0.3 is 4.42 Å². The van der Waals surface area contributed by atoms with Crippen molar-refractivity contribution in [1.29, 1.82) is 5.26 Å². The van der Waals surface area contributed by atoms with Gasteiger partial charge in [-0.05, 0) is 34.5 Å². The van der Waals surface area contributed by atoms with Crippen molar-refractivity contribution in [3.8, 4) is 6.07 Å². The minimum Gasteiger partial charge on any atom is -0.444 e. The van der Waals surface area contributed by atoms with Crippen LogP contribution in [0, 0.1) is 17.1 Å². The van der Waals surface area contributed by atoms with Gasteiger partial charge in [-0.2, -0.15) is 5.26 Å². The van der Waals surface area contributed by atoms with Crippen LogP contribution in [0.25, 0.3) is 11.0 Å². The zero-order valence-corrected chi connectivity index (χ0v) is 10.3. The van der Waals surface area contributed by atoms with Crippen LogP contribution in [0.5, 0.6) is 0 Å². The highest BCUT2D eigenvalue weighted by Gasteiger charge is 2.16. The molecule has 1 heterocycles. The molecule has 4 heteroatoms. The molecule has 0 fully saturated rings. The van der Waals surface area contributed by atoms with Crippen LogP contribution >= 0.6 is 15.9 Å². The van der Waals surface area contributed by atoms with Gasteiger partial charge in [0, 0.05) is 10.9 Å². The molecule has 0 bridgehead atoms. The zero-order chi connectivity index (χ0) is 11.7. The topological polar surface area (TPSA) is 36.9 Å². The molecule has 82 valence electrons. The van der Waals surface area contributed by atoms with E-state index in [-0.39, 0.29) is 11.6 Å². The third kappa shape index (κ3) is 1.72. The Labute approximate surface area is 101 Å². The lowest BCUT2D eigenvalue weighted by Crippen LogP contribution is -1.85. The number of hydrogen-bond donors (Lipinski definition) is 0. The first-order chi connectivity index (χ1) is 7.67. The summed E-state index contributed by atoms with van der Waals surface area (Å²) in [4.78, 5) is 0. The molecule has 1 aromatic heterocycles. The predicted octanol–water partition coefficient (Wildman–Crippen LogP) is 4.16. The second-order valence-electron chi connectivity index (χ2n) is 3.54. The van der Waals surface area contributed by atoms with Crippen LogP contribution in [0.2, 0.25) is 0 Å². The molecule has 2 rings (SSSR count). The molecule has 0 unspecified atom stereocenters. The molecular formula is C12H9BrFNO. The Morgan fingerprint density at radius 2 is 2.25 bits per heavy atom. The standard InChI is InChI=1S/C12H9BrFNO/c1-2-3-8-9-4-7(14)5-10(13)12(9)16-11(8)6-15/h4-5H,2-3H2,1H3. The molecule has 0 aliphatic carbocycles. The highest BCUT2D eigenvalue weighted by atomic mass is 79.9. The first kappa shape index (κ1) is 11.2. The first-order valence-electron chi connectivity index (χ1n) is 4.98. The minimum absolute atomic E-state index is 0.281. The molecule has 0 atom stereocenters. The van der Waals surface area contributed by atoms with Crippen molar-refractivity contribution in [3.05, 3.63) is 33.7 Å². The van der Waals surface area contributed by atoms with E-state index in [1.807, 2.05) is 13.0 Å². The van der Waals surface area contributed by atoms with E-state index in [1.54, 1.807) is 0 Å². The van der Waals surface area contributed by atoms with Crippen LogP contribution in [-0.2, 0) is 6.42 Å². The SMILES string of the molecule is CCCc1c(C#N)oc2c(Br)cc(F)cc12.